The van der Waals surface area contributed by atoms with Crippen molar-refractivity contribution in [1.29, 1.82) is 0 Å². The molecule has 0 atom stereocenters. The van der Waals surface area contributed by atoms with Crippen LogP contribution in [0.3, 0.4) is 0 Å². The van der Waals surface area contributed by atoms with E-state index in [4.69, 9.17) is 25.8 Å². The molecule has 0 aliphatic heterocycles. The summed E-state index contributed by atoms with van der Waals surface area (Å²) in [4.78, 5) is 20.0. The highest BCUT2D eigenvalue weighted by molar-refractivity contribution is 5.93. The Balaban J connectivity index is 0.000000246. The van der Waals surface area contributed by atoms with E-state index in [1.807, 2.05) is 0 Å². The minimum atomic E-state index is -5.08. The molecule has 20 heavy (non-hydrogen) atoms. The van der Waals surface area contributed by atoms with Gasteiger partial charge in [-0.1, -0.05) is 12.1 Å². The summed E-state index contributed by atoms with van der Waals surface area (Å²) < 4.78 is 36.6. The maximum absolute atomic E-state index is 11.1. The fraction of sp³-hybridized carbons (Fsp3) is 0.0909. The molecule has 1 heterocycles. The third-order valence-electron chi connectivity index (χ3n) is 2.13. The molecule has 0 radical (unpaired) electrons. The van der Waals surface area contributed by atoms with Crippen LogP contribution in [0.25, 0.3) is 11.0 Å². The lowest BCUT2D eigenvalue weighted by Gasteiger charge is -2.01. The minimum absolute atomic E-state index is 0.0290. The lowest BCUT2D eigenvalue weighted by Crippen LogP contribution is -2.21. The van der Waals surface area contributed by atoms with Gasteiger partial charge in [-0.25, -0.2) is 9.59 Å². The number of carbonyl (C=O) groups is 1. The van der Waals surface area contributed by atoms with E-state index in [0.717, 1.165) is 0 Å². The summed E-state index contributed by atoms with van der Waals surface area (Å²) in [5, 5.41) is 7.79. The number of rotatable bonds is 0. The van der Waals surface area contributed by atoms with Crippen LogP contribution in [0.4, 0.5) is 24.5 Å². The van der Waals surface area contributed by atoms with Gasteiger partial charge in [0.1, 0.15) is 11.3 Å². The van der Waals surface area contributed by atoms with Gasteiger partial charge < -0.3 is 21.0 Å². The molecule has 9 heteroatoms. The molecule has 5 N–H and O–H groups in total. The summed E-state index contributed by atoms with van der Waals surface area (Å²) in [5.74, 6) is -2.76. The van der Waals surface area contributed by atoms with Crippen LogP contribution in [0.2, 0.25) is 0 Å². The normalized spacial score (nSPS) is 10.8. The summed E-state index contributed by atoms with van der Waals surface area (Å²) >= 11 is 0. The number of alkyl halides is 3. The first-order valence-electron chi connectivity index (χ1n) is 5.01. The fourth-order valence-corrected chi connectivity index (χ4v) is 1.19. The predicted molar refractivity (Wildman–Crippen MR) is 65.0 cm³/mol. The van der Waals surface area contributed by atoms with Gasteiger partial charge in [0.05, 0.1) is 5.69 Å². The molecule has 0 aliphatic carbocycles. The zero-order valence-corrected chi connectivity index (χ0v) is 9.77. The molecular formula is C11H9F3N2O4. The van der Waals surface area contributed by atoms with Crippen LogP contribution < -0.4 is 17.1 Å². The SMILES string of the molecule is Nc1c(N)c2ccccc2oc1=O.O=C(O)C(F)(F)F. The number of fused-ring (bicyclic) bond motifs is 1. The van der Waals surface area contributed by atoms with Crippen LogP contribution in [0, 0.1) is 0 Å². The average Bonchev–Trinajstić information content (AvgIpc) is 2.36. The number of nitrogens with two attached hydrogens (primary N) is 2. The summed E-state index contributed by atoms with van der Waals surface area (Å²) in [6.45, 7) is 0. The monoisotopic (exact) mass is 290 g/mol. The molecule has 0 unspecified atom stereocenters. The summed E-state index contributed by atoms with van der Waals surface area (Å²) in [5.41, 5.74) is 11.2. The predicted octanol–water partition coefficient (Wildman–Crippen LogP) is 1.59. The number of carboxylic acid groups (broad SMARTS) is 1. The first-order chi connectivity index (χ1) is 9.14. The largest absolute Gasteiger partial charge is 0.490 e. The number of carboxylic acids is 1. The minimum Gasteiger partial charge on any atom is -0.475 e. The van der Waals surface area contributed by atoms with E-state index in [0.29, 0.717) is 11.0 Å². The quantitative estimate of drug-likeness (QED) is 0.634. The molecule has 0 aliphatic rings. The molecule has 2 aromatic rings. The Morgan fingerprint density at radius 2 is 1.65 bits per heavy atom. The van der Waals surface area contributed by atoms with Crippen LogP contribution in [-0.2, 0) is 4.79 Å². The molecule has 0 bridgehead atoms. The molecule has 0 spiro atoms. The highest BCUT2D eigenvalue weighted by Crippen LogP contribution is 2.22. The maximum Gasteiger partial charge on any atom is 0.490 e. The van der Waals surface area contributed by atoms with Crippen LogP contribution in [0.5, 0.6) is 0 Å². The fourth-order valence-electron chi connectivity index (χ4n) is 1.19. The molecule has 0 saturated carbocycles. The van der Waals surface area contributed by atoms with E-state index in [2.05, 4.69) is 0 Å². The molecule has 0 amide bonds. The first kappa shape index (κ1) is 15.3. The van der Waals surface area contributed by atoms with Crippen molar-refractivity contribution >= 4 is 28.3 Å². The summed E-state index contributed by atoms with van der Waals surface area (Å²) in [6.07, 6.45) is -5.08. The second kappa shape index (κ2) is 5.51. The van der Waals surface area contributed by atoms with Crippen LogP contribution >= 0.6 is 0 Å². The van der Waals surface area contributed by atoms with Crippen molar-refractivity contribution in [3.05, 3.63) is 34.7 Å². The van der Waals surface area contributed by atoms with Crippen LogP contribution in [0.1, 0.15) is 0 Å². The summed E-state index contributed by atoms with van der Waals surface area (Å²) in [7, 11) is 0. The third-order valence-corrected chi connectivity index (χ3v) is 2.13. The van der Waals surface area contributed by atoms with E-state index in [1.54, 1.807) is 24.3 Å². The van der Waals surface area contributed by atoms with Gasteiger partial charge in [-0.2, -0.15) is 13.2 Å². The Morgan fingerprint density at radius 1 is 1.15 bits per heavy atom. The van der Waals surface area contributed by atoms with Crippen molar-refractivity contribution in [2.45, 2.75) is 6.18 Å². The standard InChI is InChI=1S/C9H8N2O2.C2HF3O2/c10-7-5-3-1-2-4-6(5)13-9(12)8(7)11;3-2(4,5)1(6)7/h1-4H,10-11H2;(H,6,7). The van der Waals surface area contributed by atoms with E-state index in [-0.39, 0.29) is 11.4 Å². The number of nitrogen functional groups attached to an aromatic ring is 2. The Kier molecular flexibility index (Phi) is 4.23. The number of aliphatic carboxylic acids is 1. The molecule has 1 aromatic heterocycles. The van der Waals surface area contributed by atoms with Gasteiger partial charge in [-0.15, -0.1) is 0 Å². The van der Waals surface area contributed by atoms with Crippen LogP contribution in [0.15, 0.2) is 33.5 Å². The number of benzene rings is 1. The van der Waals surface area contributed by atoms with Gasteiger partial charge in [0.2, 0.25) is 0 Å². The van der Waals surface area contributed by atoms with E-state index in [9.17, 15) is 18.0 Å². The van der Waals surface area contributed by atoms with Gasteiger partial charge in [0.15, 0.2) is 0 Å². The topological polar surface area (TPSA) is 120 Å². The summed E-state index contributed by atoms with van der Waals surface area (Å²) in [6, 6.07) is 7.00. The molecular weight excluding hydrogens is 281 g/mol. The van der Waals surface area contributed by atoms with Gasteiger partial charge in [0.25, 0.3) is 0 Å². The molecule has 1 aromatic carbocycles. The molecule has 108 valence electrons. The molecule has 6 nitrogen and oxygen atoms in total. The van der Waals surface area contributed by atoms with E-state index in [1.165, 1.54) is 0 Å². The van der Waals surface area contributed by atoms with E-state index >= 15 is 0 Å². The maximum atomic E-state index is 11.1. The Morgan fingerprint density at radius 3 is 2.15 bits per heavy atom. The number of para-hydroxylation sites is 1. The van der Waals surface area contributed by atoms with Crippen molar-refractivity contribution in [2.24, 2.45) is 0 Å². The number of halogens is 3. The smallest absolute Gasteiger partial charge is 0.475 e. The number of anilines is 2. The Labute approximate surface area is 109 Å². The van der Waals surface area contributed by atoms with Crippen LogP contribution in [-0.4, -0.2) is 17.3 Å². The Hall–Kier alpha value is -2.71. The van der Waals surface area contributed by atoms with E-state index < -0.39 is 17.8 Å². The molecule has 0 fully saturated rings. The van der Waals surface area contributed by atoms with Crippen molar-refractivity contribution in [2.75, 3.05) is 11.5 Å². The Bertz CT molecular complexity index is 694. The van der Waals surface area contributed by atoms with Gasteiger partial charge >= 0.3 is 17.8 Å². The van der Waals surface area contributed by atoms with Crippen molar-refractivity contribution in [3.63, 3.8) is 0 Å². The second-order valence-electron chi connectivity index (χ2n) is 3.52. The highest BCUT2D eigenvalue weighted by Gasteiger charge is 2.38. The van der Waals surface area contributed by atoms with Gasteiger partial charge in [0, 0.05) is 5.39 Å². The molecule has 0 saturated heterocycles. The number of hydrogen-bond donors (Lipinski definition) is 3. The number of hydrogen-bond acceptors (Lipinski definition) is 5. The highest BCUT2D eigenvalue weighted by atomic mass is 19.4. The third kappa shape index (κ3) is 3.40. The van der Waals surface area contributed by atoms with Gasteiger partial charge in [-0.3, -0.25) is 0 Å². The first-order valence-corrected chi connectivity index (χ1v) is 5.01. The second-order valence-corrected chi connectivity index (χ2v) is 3.52. The van der Waals surface area contributed by atoms with Crippen molar-refractivity contribution in [1.82, 2.24) is 0 Å². The zero-order chi connectivity index (χ0) is 15.5. The molecule has 2 rings (SSSR count). The lowest BCUT2D eigenvalue weighted by molar-refractivity contribution is -0.192. The van der Waals surface area contributed by atoms with Crippen molar-refractivity contribution < 1.29 is 27.5 Å². The average molecular weight is 290 g/mol. The van der Waals surface area contributed by atoms with Crippen molar-refractivity contribution in [3.8, 4) is 0 Å². The van der Waals surface area contributed by atoms with Gasteiger partial charge in [-0.05, 0) is 12.1 Å². The lowest BCUT2D eigenvalue weighted by atomic mass is 10.2. The zero-order valence-electron chi connectivity index (χ0n) is 9.77.